The van der Waals surface area contributed by atoms with Gasteiger partial charge >= 0.3 is 18.1 Å². The van der Waals surface area contributed by atoms with E-state index in [4.69, 9.17) is 9.29 Å². The van der Waals surface area contributed by atoms with Crippen LogP contribution in [0.2, 0.25) is 0 Å². The summed E-state index contributed by atoms with van der Waals surface area (Å²) >= 11 is 9.79. The van der Waals surface area contributed by atoms with Crippen LogP contribution in [0.3, 0.4) is 0 Å². The first kappa shape index (κ1) is 26.3. The van der Waals surface area contributed by atoms with E-state index < -0.39 is 52.1 Å². The second kappa shape index (κ2) is 10.3. The lowest BCUT2D eigenvalue weighted by molar-refractivity contribution is -0.217. The maximum absolute atomic E-state index is 12.9. The van der Waals surface area contributed by atoms with Gasteiger partial charge in [0.15, 0.2) is 0 Å². The van der Waals surface area contributed by atoms with Crippen molar-refractivity contribution in [2.45, 2.75) is 31.2 Å². The topological polar surface area (TPSA) is 107 Å². The van der Waals surface area contributed by atoms with Crippen molar-refractivity contribution < 1.29 is 45.2 Å². The van der Waals surface area contributed by atoms with Crippen molar-refractivity contribution in [2.24, 2.45) is 5.92 Å². The molecule has 2 rings (SSSR count). The smallest absolute Gasteiger partial charge is 0.426 e. The van der Waals surface area contributed by atoms with E-state index in [-0.39, 0.29) is 18.4 Å². The average Bonchev–Trinajstić information content (AvgIpc) is 2.58. The Morgan fingerprint density at radius 2 is 1.71 bits per heavy atom. The highest BCUT2D eigenvalue weighted by molar-refractivity contribution is 9.11. The molecule has 7 nitrogen and oxygen atoms in total. The van der Waals surface area contributed by atoms with Gasteiger partial charge in [0, 0.05) is 13.4 Å². The molecular formula is C17H14Br3F3O7S. The summed E-state index contributed by atoms with van der Waals surface area (Å²) in [5.74, 6) is -4.85. The minimum Gasteiger partial charge on any atom is -0.454 e. The maximum Gasteiger partial charge on any atom is 0.426 e. The number of benzene rings is 1. The van der Waals surface area contributed by atoms with Crippen LogP contribution in [0.5, 0.6) is 0 Å². The van der Waals surface area contributed by atoms with E-state index in [1.807, 2.05) is 0 Å². The minimum atomic E-state index is -5.17. The fourth-order valence-corrected chi connectivity index (χ4v) is 5.86. The Kier molecular flexibility index (Phi) is 8.75. The lowest BCUT2D eigenvalue weighted by atomic mass is 9.94. The van der Waals surface area contributed by atoms with Gasteiger partial charge in [-0.3, -0.25) is 9.35 Å². The number of ether oxygens (including phenoxy) is 2. The molecule has 0 heterocycles. The van der Waals surface area contributed by atoms with Crippen molar-refractivity contribution in [1.29, 1.82) is 0 Å². The molecule has 0 saturated carbocycles. The zero-order valence-electron chi connectivity index (χ0n) is 15.2. The first-order valence-corrected chi connectivity index (χ1v) is 12.4. The third-order valence-electron chi connectivity index (χ3n) is 4.08. The van der Waals surface area contributed by atoms with Gasteiger partial charge in [0.25, 0.3) is 10.1 Å². The van der Waals surface area contributed by atoms with Gasteiger partial charge in [-0.1, -0.05) is 22.0 Å². The van der Waals surface area contributed by atoms with E-state index in [0.29, 0.717) is 13.4 Å². The minimum absolute atomic E-state index is 0.00636. The normalized spacial score (nSPS) is 20.2. The monoisotopic (exact) mass is 656 g/mol. The van der Waals surface area contributed by atoms with Crippen LogP contribution in [0.4, 0.5) is 13.2 Å². The van der Waals surface area contributed by atoms with Gasteiger partial charge < -0.3 is 9.47 Å². The summed E-state index contributed by atoms with van der Waals surface area (Å²) in [5.41, 5.74) is 0.233. The number of halogens is 6. The molecule has 172 valence electrons. The molecule has 0 fully saturated rings. The molecule has 1 aromatic carbocycles. The molecule has 1 aliphatic carbocycles. The van der Waals surface area contributed by atoms with Crippen LogP contribution >= 0.6 is 47.8 Å². The van der Waals surface area contributed by atoms with Crippen LogP contribution in [0.1, 0.15) is 23.2 Å². The fraction of sp³-hybridized carbons (Fsp3) is 0.412. The molecule has 31 heavy (non-hydrogen) atoms. The number of rotatable bonds is 6. The van der Waals surface area contributed by atoms with Gasteiger partial charge in [0.2, 0.25) is 6.10 Å². The molecule has 3 atom stereocenters. The van der Waals surface area contributed by atoms with Crippen LogP contribution in [0.15, 0.2) is 37.7 Å². The van der Waals surface area contributed by atoms with Crippen molar-refractivity contribution in [3.05, 3.63) is 43.3 Å². The van der Waals surface area contributed by atoms with Crippen LogP contribution in [0.25, 0.3) is 0 Å². The summed E-state index contributed by atoms with van der Waals surface area (Å²) in [6.07, 6.45) is -6.18. The quantitative estimate of drug-likeness (QED) is 0.265. The summed E-state index contributed by atoms with van der Waals surface area (Å²) in [5, 5.41) is 0. The Hall–Kier alpha value is -0.960. The molecule has 0 radical (unpaired) electrons. The number of esters is 2. The number of hydrogen-bond donors (Lipinski definition) is 1. The molecule has 14 heteroatoms. The Morgan fingerprint density at radius 1 is 1.13 bits per heavy atom. The lowest BCUT2D eigenvalue weighted by Gasteiger charge is -2.25. The Labute approximate surface area is 200 Å². The lowest BCUT2D eigenvalue weighted by Crippen LogP contribution is -2.41. The molecule has 0 spiro atoms. The van der Waals surface area contributed by atoms with E-state index in [9.17, 15) is 31.2 Å². The van der Waals surface area contributed by atoms with E-state index in [0.717, 1.165) is 0 Å². The standard InChI is InChI=1S/C17H14Br3F3O7S/c18-9-5-11(19)14(12(20)6-9)16(25)29-10-3-1-8(2-4-10)15(24)30-13(17(21,22)23)7-31(26,27)28/h1,3,5-6,8,10,13H,2,4,7H2,(H,26,27,28). The highest BCUT2D eigenvalue weighted by Crippen LogP contribution is 2.32. The van der Waals surface area contributed by atoms with Gasteiger partial charge in [0.05, 0.1) is 11.5 Å². The van der Waals surface area contributed by atoms with Crippen molar-refractivity contribution in [3.63, 3.8) is 0 Å². The first-order chi connectivity index (χ1) is 14.2. The molecule has 1 N–H and O–H groups in total. The Bertz CT molecular complexity index is 972. The average molecular weight is 659 g/mol. The molecule has 0 aromatic heterocycles. The second-order valence-corrected chi connectivity index (χ2v) is 10.6. The van der Waals surface area contributed by atoms with E-state index >= 15 is 0 Å². The van der Waals surface area contributed by atoms with Gasteiger partial charge in [-0.25, -0.2) is 4.79 Å². The van der Waals surface area contributed by atoms with Crippen molar-refractivity contribution in [2.75, 3.05) is 5.75 Å². The summed E-state index contributed by atoms with van der Waals surface area (Å²) in [6.45, 7) is 0. The molecule has 0 saturated heterocycles. The molecule has 1 aliphatic rings. The number of carbonyl (C=O) groups is 2. The van der Waals surface area contributed by atoms with Crippen LogP contribution in [-0.2, 0) is 24.4 Å². The van der Waals surface area contributed by atoms with Crippen molar-refractivity contribution >= 4 is 69.8 Å². The van der Waals surface area contributed by atoms with Gasteiger partial charge in [0.1, 0.15) is 11.9 Å². The van der Waals surface area contributed by atoms with Crippen molar-refractivity contribution in [3.8, 4) is 0 Å². The fourth-order valence-electron chi connectivity index (χ4n) is 2.64. The third-order valence-corrected chi connectivity index (χ3v) is 6.51. The number of hydrogen-bond acceptors (Lipinski definition) is 6. The van der Waals surface area contributed by atoms with Gasteiger partial charge in [-0.05, 0) is 62.9 Å². The SMILES string of the molecule is O=C(OC1C=CC(C(=O)OC(CS(=O)(=O)O)C(F)(F)F)CC1)c1c(Br)cc(Br)cc1Br. The zero-order valence-corrected chi connectivity index (χ0v) is 20.8. The molecule has 1 aromatic rings. The predicted octanol–water partition coefficient (Wildman–Crippen LogP) is 4.83. The molecule has 3 unspecified atom stereocenters. The predicted molar refractivity (Wildman–Crippen MR) is 113 cm³/mol. The largest absolute Gasteiger partial charge is 0.454 e. The van der Waals surface area contributed by atoms with E-state index in [2.05, 4.69) is 52.5 Å². The summed E-state index contributed by atoms with van der Waals surface area (Å²) in [7, 11) is -5.02. The highest BCUT2D eigenvalue weighted by Gasteiger charge is 2.46. The van der Waals surface area contributed by atoms with E-state index in [1.165, 1.54) is 12.2 Å². The van der Waals surface area contributed by atoms with Crippen LogP contribution in [-0.4, -0.2) is 49.0 Å². The Balaban J connectivity index is 2.02. The first-order valence-electron chi connectivity index (χ1n) is 8.43. The maximum atomic E-state index is 12.9. The van der Waals surface area contributed by atoms with Crippen LogP contribution < -0.4 is 0 Å². The molecular weight excluding hydrogens is 645 g/mol. The summed E-state index contributed by atoms with van der Waals surface area (Å²) in [4.78, 5) is 24.5. The number of alkyl halides is 3. The zero-order chi connectivity index (χ0) is 23.6. The number of carbonyl (C=O) groups excluding carboxylic acids is 2. The third kappa shape index (κ3) is 7.84. The molecule has 0 aliphatic heterocycles. The second-order valence-electron chi connectivity index (χ2n) is 6.47. The molecule has 0 amide bonds. The highest BCUT2D eigenvalue weighted by atomic mass is 79.9. The van der Waals surface area contributed by atoms with Crippen molar-refractivity contribution in [1.82, 2.24) is 0 Å². The van der Waals surface area contributed by atoms with Crippen LogP contribution in [0, 0.1) is 5.92 Å². The Morgan fingerprint density at radius 3 is 2.16 bits per heavy atom. The van der Waals surface area contributed by atoms with Gasteiger partial charge in [-0.15, -0.1) is 0 Å². The summed E-state index contributed by atoms with van der Waals surface area (Å²) < 4.78 is 80.2. The van der Waals surface area contributed by atoms with Gasteiger partial charge in [-0.2, -0.15) is 21.6 Å². The summed E-state index contributed by atoms with van der Waals surface area (Å²) in [6, 6.07) is 3.29. The molecule has 0 bridgehead atoms. The van der Waals surface area contributed by atoms with E-state index in [1.54, 1.807) is 12.1 Å².